The summed E-state index contributed by atoms with van der Waals surface area (Å²) in [7, 11) is 0. The summed E-state index contributed by atoms with van der Waals surface area (Å²) in [5.74, 6) is 0.955. The van der Waals surface area contributed by atoms with Crippen molar-refractivity contribution in [2.24, 2.45) is 0 Å². The Hall–Kier alpha value is -1.55. The van der Waals surface area contributed by atoms with Crippen molar-refractivity contribution >= 4 is 17.4 Å². The summed E-state index contributed by atoms with van der Waals surface area (Å²) in [6, 6.07) is 8.42. The van der Waals surface area contributed by atoms with Gasteiger partial charge in [0.15, 0.2) is 5.16 Å². The predicted molar refractivity (Wildman–Crippen MR) is 77.2 cm³/mol. The smallest absolute Gasteiger partial charge is 0.187 e. The lowest BCUT2D eigenvalue weighted by molar-refractivity contribution is 0.949. The van der Waals surface area contributed by atoms with Crippen molar-refractivity contribution in [2.45, 2.75) is 19.0 Å². The summed E-state index contributed by atoms with van der Waals surface area (Å²) in [5, 5.41) is 4.22. The molecule has 18 heavy (non-hydrogen) atoms. The van der Waals surface area contributed by atoms with Crippen LogP contribution < -0.4 is 5.32 Å². The number of nitrogens with one attached hydrogen (secondary N) is 1. The molecule has 0 unspecified atom stereocenters. The van der Waals surface area contributed by atoms with Gasteiger partial charge >= 0.3 is 0 Å². The minimum Gasteiger partial charge on any atom is -0.384 e. The van der Waals surface area contributed by atoms with E-state index < -0.39 is 0 Å². The minimum absolute atomic E-state index is 0.839. The van der Waals surface area contributed by atoms with E-state index in [1.165, 1.54) is 5.56 Å². The average Bonchev–Trinajstić information content (AvgIpc) is 2.39. The first-order valence-electron chi connectivity index (χ1n) is 5.96. The van der Waals surface area contributed by atoms with Crippen LogP contribution in [0.2, 0.25) is 0 Å². The number of nitrogens with zero attached hydrogens (tertiary/aromatic N) is 2. The summed E-state index contributed by atoms with van der Waals surface area (Å²) in [4.78, 5) is 8.52. The molecule has 1 N–H and O–H groups in total. The van der Waals surface area contributed by atoms with Crippen LogP contribution in [0.25, 0.3) is 0 Å². The molecule has 0 aliphatic rings. The van der Waals surface area contributed by atoms with E-state index in [-0.39, 0.29) is 0 Å². The quantitative estimate of drug-likeness (QED) is 0.508. The number of aryl methyl sites for hydroxylation is 2. The molecule has 0 aliphatic carbocycles. The lowest BCUT2D eigenvalue weighted by atomic mass is 10.2. The normalized spacial score (nSPS) is 10.3. The number of aromatic nitrogens is 2. The second-order valence-electron chi connectivity index (χ2n) is 4.18. The van der Waals surface area contributed by atoms with Crippen molar-refractivity contribution < 1.29 is 0 Å². The number of rotatable bonds is 5. The van der Waals surface area contributed by atoms with Crippen molar-refractivity contribution in [3.05, 3.63) is 47.8 Å². The zero-order chi connectivity index (χ0) is 12.8. The number of thioether (sulfide) groups is 1. The molecule has 1 aromatic carbocycles. The van der Waals surface area contributed by atoms with Crippen molar-refractivity contribution in [3.8, 4) is 0 Å². The highest BCUT2D eigenvalue weighted by molar-refractivity contribution is 7.99. The van der Waals surface area contributed by atoms with Gasteiger partial charge in [0.25, 0.3) is 0 Å². The maximum Gasteiger partial charge on any atom is 0.187 e. The fourth-order valence-corrected chi connectivity index (χ4v) is 2.11. The number of benzene rings is 1. The molecule has 94 valence electrons. The predicted octanol–water partition coefficient (Wildman–Crippen LogP) is 3.30. The zero-order valence-electron chi connectivity index (χ0n) is 10.7. The molecule has 0 radical (unpaired) electrons. The van der Waals surface area contributed by atoms with Gasteiger partial charge in [-0.15, -0.1) is 0 Å². The fourth-order valence-electron chi connectivity index (χ4n) is 1.46. The molecular formula is C14H17N3S. The molecule has 0 spiro atoms. The Bertz CT molecular complexity index is 432. The third-order valence-electron chi connectivity index (χ3n) is 2.47. The number of hydrogen-bond acceptors (Lipinski definition) is 4. The summed E-state index contributed by atoms with van der Waals surface area (Å²) < 4.78 is 0. The van der Waals surface area contributed by atoms with Crippen LogP contribution in [-0.2, 0) is 0 Å². The van der Waals surface area contributed by atoms with E-state index in [1.807, 2.05) is 19.3 Å². The first-order chi connectivity index (χ1) is 8.74. The van der Waals surface area contributed by atoms with E-state index in [2.05, 4.69) is 46.5 Å². The molecule has 0 fully saturated rings. The molecule has 0 bridgehead atoms. The monoisotopic (exact) mass is 259 g/mol. The minimum atomic E-state index is 0.839. The topological polar surface area (TPSA) is 37.8 Å². The molecule has 0 saturated heterocycles. The first-order valence-corrected chi connectivity index (χ1v) is 6.94. The Labute approximate surface area is 112 Å². The van der Waals surface area contributed by atoms with Gasteiger partial charge in [-0.2, -0.15) is 0 Å². The molecule has 2 aromatic rings. The van der Waals surface area contributed by atoms with E-state index >= 15 is 0 Å². The number of anilines is 1. The van der Waals surface area contributed by atoms with E-state index in [0.717, 1.165) is 28.7 Å². The summed E-state index contributed by atoms with van der Waals surface area (Å²) in [5.41, 5.74) is 3.53. The molecule has 0 atom stereocenters. The maximum absolute atomic E-state index is 4.26. The molecule has 0 amide bonds. The molecule has 4 heteroatoms. The van der Waals surface area contributed by atoms with Gasteiger partial charge < -0.3 is 5.32 Å². The SMILES string of the molecule is Cc1ccc(NCCSc2ncc(C)cn2)cc1. The highest BCUT2D eigenvalue weighted by Gasteiger charge is 1.97. The third kappa shape index (κ3) is 4.04. The Morgan fingerprint density at radius 1 is 1.00 bits per heavy atom. The van der Waals surface area contributed by atoms with Gasteiger partial charge in [-0.3, -0.25) is 0 Å². The largest absolute Gasteiger partial charge is 0.384 e. The first kappa shape index (κ1) is 12.9. The average molecular weight is 259 g/mol. The van der Waals surface area contributed by atoms with Gasteiger partial charge in [-0.25, -0.2) is 9.97 Å². The van der Waals surface area contributed by atoms with Gasteiger partial charge in [-0.05, 0) is 31.5 Å². The van der Waals surface area contributed by atoms with Crippen LogP contribution in [-0.4, -0.2) is 22.3 Å². The highest BCUT2D eigenvalue weighted by atomic mass is 32.2. The van der Waals surface area contributed by atoms with E-state index in [4.69, 9.17) is 0 Å². The standard InChI is InChI=1S/C14H17N3S/c1-11-3-5-13(6-4-11)15-7-8-18-14-16-9-12(2)10-17-14/h3-6,9-10,15H,7-8H2,1-2H3. The zero-order valence-corrected chi connectivity index (χ0v) is 11.5. The van der Waals surface area contributed by atoms with Gasteiger partial charge in [0.2, 0.25) is 0 Å². The van der Waals surface area contributed by atoms with Crippen molar-refractivity contribution in [2.75, 3.05) is 17.6 Å². The van der Waals surface area contributed by atoms with E-state index in [1.54, 1.807) is 11.8 Å². The molecule has 2 rings (SSSR count). The van der Waals surface area contributed by atoms with Crippen LogP contribution in [0.4, 0.5) is 5.69 Å². The highest BCUT2D eigenvalue weighted by Crippen LogP contribution is 2.13. The van der Waals surface area contributed by atoms with Gasteiger partial charge in [0.1, 0.15) is 0 Å². The van der Waals surface area contributed by atoms with Crippen LogP contribution in [0.15, 0.2) is 41.8 Å². The number of hydrogen-bond donors (Lipinski definition) is 1. The van der Waals surface area contributed by atoms with Gasteiger partial charge in [0, 0.05) is 30.4 Å². The van der Waals surface area contributed by atoms with E-state index in [0.29, 0.717) is 0 Å². The second kappa shape index (κ2) is 6.40. The molecule has 0 aliphatic heterocycles. The fraction of sp³-hybridized carbons (Fsp3) is 0.286. The molecule has 0 saturated carbocycles. The van der Waals surface area contributed by atoms with Crippen LogP contribution in [0.1, 0.15) is 11.1 Å². The third-order valence-corrected chi connectivity index (χ3v) is 3.35. The Morgan fingerprint density at radius 3 is 2.33 bits per heavy atom. The van der Waals surface area contributed by atoms with Gasteiger partial charge in [0.05, 0.1) is 0 Å². The lowest BCUT2D eigenvalue weighted by Gasteiger charge is -2.05. The molecule has 3 nitrogen and oxygen atoms in total. The van der Waals surface area contributed by atoms with Crippen LogP contribution in [0, 0.1) is 13.8 Å². The Kier molecular flexibility index (Phi) is 4.59. The molecule has 1 heterocycles. The van der Waals surface area contributed by atoms with Crippen LogP contribution in [0.5, 0.6) is 0 Å². The second-order valence-corrected chi connectivity index (χ2v) is 5.25. The Morgan fingerprint density at radius 2 is 1.67 bits per heavy atom. The summed E-state index contributed by atoms with van der Waals surface area (Å²) in [6.45, 7) is 4.99. The van der Waals surface area contributed by atoms with Crippen LogP contribution in [0.3, 0.4) is 0 Å². The van der Waals surface area contributed by atoms with Crippen molar-refractivity contribution in [1.29, 1.82) is 0 Å². The maximum atomic E-state index is 4.26. The summed E-state index contributed by atoms with van der Waals surface area (Å²) >= 11 is 1.67. The van der Waals surface area contributed by atoms with Crippen molar-refractivity contribution in [1.82, 2.24) is 9.97 Å². The molecule has 1 aromatic heterocycles. The molecular weight excluding hydrogens is 242 g/mol. The summed E-state index contributed by atoms with van der Waals surface area (Å²) in [6.07, 6.45) is 3.70. The lowest BCUT2D eigenvalue weighted by Crippen LogP contribution is -2.04. The van der Waals surface area contributed by atoms with E-state index in [9.17, 15) is 0 Å². The Balaban J connectivity index is 1.73. The van der Waals surface area contributed by atoms with Crippen molar-refractivity contribution in [3.63, 3.8) is 0 Å². The van der Waals surface area contributed by atoms with Crippen LogP contribution >= 0.6 is 11.8 Å². The van der Waals surface area contributed by atoms with Gasteiger partial charge in [-0.1, -0.05) is 29.5 Å².